The zero-order valence-corrected chi connectivity index (χ0v) is 18.1. The summed E-state index contributed by atoms with van der Waals surface area (Å²) in [6, 6.07) is 3.92. The molecule has 6 nitrogen and oxygen atoms in total. The number of hydrogen-bond donors (Lipinski definition) is 1. The van der Waals surface area contributed by atoms with Gasteiger partial charge < -0.3 is 19.4 Å². The molecule has 0 aromatic heterocycles. The van der Waals surface area contributed by atoms with Crippen LogP contribution in [0.1, 0.15) is 64.4 Å². The van der Waals surface area contributed by atoms with E-state index in [9.17, 15) is 14.0 Å². The highest BCUT2D eigenvalue weighted by Crippen LogP contribution is 2.38. The predicted molar refractivity (Wildman–Crippen MR) is 110 cm³/mol. The molecule has 1 aliphatic heterocycles. The molecule has 1 fully saturated rings. The van der Waals surface area contributed by atoms with E-state index in [0.717, 1.165) is 6.07 Å². The molecule has 1 amide bonds. The van der Waals surface area contributed by atoms with Gasteiger partial charge in [0, 0.05) is 12.1 Å². The molecule has 0 saturated carbocycles. The molecule has 0 radical (unpaired) electrons. The fourth-order valence-corrected chi connectivity index (χ4v) is 2.66. The molecule has 1 N–H and O–H groups in total. The largest absolute Gasteiger partial charge is 0.492 e. The number of aldehydes is 1. The second kappa shape index (κ2) is 8.28. The van der Waals surface area contributed by atoms with Gasteiger partial charge in [-0.25, -0.2) is 9.18 Å². The Morgan fingerprint density at radius 2 is 1.76 bits per heavy atom. The Balaban J connectivity index is 2.34. The summed E-state index contributed by atoms with van der Waals surface area (Å²) >= 11 is 0. The first kappa shape index (κ1) is 23.1. The van der Waals surface area contributed by atoms with E-state index in [2.05, 4.69) is 5.32 Å². The van der Waals surface area contributed by atoms with Gasteiger partial charge in [-0.15, -0.1) is 0 Å². The molecule has 0 bridgehead atoms. The average molecular weight is 405 g/mol. The summed E-state index contributed by atoms with van der Waals surface area (Å²) in [6.07, 6.45) is 1.66. The van der Waals surface area contributed by atoms with E-state index in [1.807, 2.05) is 27.7 Å². The van der Waals surface area contributed by atoms with Crippen molar-refractivity contribution in [2.24, 2.45) is 0 Å². The van der Waals surface area contributed by atoms with Crippen molar-refractivity contribution in [2.45, 2.75) is 65.3 Å². The topological polar surface area (TPSA) is 73.9 Å². The first-order valence-electron chi connectivity index (χ1n) is 9.52. The van der Waals surface area contributed by atoms with Gasteiger partial charge in [0.05, 0.1) is 11.2 Å². The predicted octanol–water partition coefficient (Wildman–Crippen LogP) is 4.18. The van der Waals surface area contributed by atoms with Crippen molar-refractivity contribution in [3.63, 3.8) is 0 Å². The molecule has 2 rings (SSSR count). The molecule has 0 unspecified atom stereocenters. The van der Waals surface area contributed by atoms with E-state index in [4.69, 9.17) is 14.0 Å². The van der Waals surface area contributed by atoms with Crippen LogP contribution in [0.5, 0.6) is 0 Å². The first-order chi connectivity index (χ1) is 13.2. The molecular formula is C21H29BFNO5. The average Bonchev–Trinajstić information content (AvgIpc) is 2.78. The summed E-state index contributed by atoms with van der Waals surface area (Å²) in [5.74, 6) is -0.506. The van der Waals surface area contributed by atoms with Crippen LogP contribution in [0.25, 0.3) is 6.08 Å². The van der Waals surface area contributed by atoms with Crippen LogP contribution >= 0.6 is 0 Å². The lowest BCUT2D eigenvalue weighted by Crippen LogP contribution is -2.41. The highest BCUT2D eigenvalue weighted by Gasteiger charge is 2.52. The minimum Gasteiger partial charge on any atom is -0.444 e. The van der Waals surface area contributed by atoms with Crippen LogP contribution in [0.4, 0.5) is 9.18 Å². The van der Waals surface area contributed by atoms with Gasteiger partial charge in [0.15, 0.2) is 6.29 Å². The van der Waals surface area contributed by atoms with Gasteiger partial charge >= 0.3 is 13.2 Å². The quantitative estimate of drug-likeness (QED) is 0.588. The fourth-order valence-electron chi connectivity index (χ4n) is 2.66. The molecular weight excluding hydrogens is 376 g/mol. The number of ether oxygens (including phenoxy) is 1. The molecule has 0 aliphatic carbocycles. The summed E-state index contributed by atoms with van der Waals surface area (Å²) in [4.78, 5) is 23.5. The normalized spacial score (nSPS) is 18.5. The first-order valence-corrected chi connectivity index (χ1v) is 9.52. The van der Waals surface area contributed by atoms with Crippen molar-refractivity contribution in [1.29, 1.82) is 0 Å². The Kier molecular flexibility index (Phi) is 6.60. The Labute approximate surface area is 171 Å². The van der Waals surface area contributed by atoms with E-state index < -0.39 is 35.8 Å². The van der Waals surface area contributed by atoms with Gasteiger partial charge in [-0.2, -0.15) is 0 Å². The number of alkyl carbamates (subject to hydrolysis) is 1. The van der Waals surface area contributed by atoms with Gasteiger partial charge in [-0.1, -0.05) is 12.1 Å². The van der Waals surface area contributed by atoms with Crippen LogP contribution in [-0.4, -0.2) is 42.8 Å². The van der Waals surface area contributed by atoms with Crippen molar-refractivity contribution < 1.29 is 28.0 Å². The van der Waals surface area contributed by atoms with Gasteiger partial charge in [-0.3, -0.25) is 4.79 Å². The Bertz CT molecular complexity index is 798. The molecule has 1 aromatic carbocycles. The zero-order chi connectivity index (χ0) is 22.0. The number of hydrogen-bond acceptors (Lipinski definition) is 5. The highest BCUT2D eigenvalue weighted by atomic mass is 19.1. The fraction of sp³-hybridized carbons (Fsp3) is 0.524. The van der Waals surface area contributed by atoms with E-state index in [1.54, 1.807) is 26.8 Å². The maximum Gasteiger partial charge on any atom is 0.492 e. The summed E-state index contributed by atoms with van der Waals surface area (Å²) in [5, 5.41) is 2.69. The van der Waals surface area contributed by atoms with Crippen LogP contribution in [0.15, 0.2) is 23.7 Å². The lowest BCUT2D eigenvalue weighted by Gasteiger charge is -2.32. The number of amides is 1. The molecule has 0 atom stereocenters. The monoisotopic (exact) mass is 405 g/mol. The number of halogens is 1. The number of rotatable bonds is 5. The Hall–Kier alpha value is -2.19. The van der Waals surface area contributed by atoms with E-state index >= 15 is 0 Å². The van der Waals surface area contributed by atoms with E-state index in [1.165, 1.54) is 12.1 Å². The van der Waals surface area contributed by atoms with Crippen molar-refractivity contribution in [3.05, 3.63) is 40.6 Å². The summed E-state index contributed by atoms with van der Waals surface area (Å²) in [6.45, 7) is 13.1. The zero-order valence-electron chi connectivity index (χ0n) is 18.1. The molecule has 29 heavy (non-hydrogen) atoms. The van der Waals surface area contributed by atoms with E-state index in [-0.39, 0.29) is 12.1 Å². The van der Waals surface area contributed by atoms with Gasteiger partial charge in [0.25, 0.3) is 0 Å². The van der Waals surface area contributed by atoms with Crippen molar-refractivity contribution in [1.82, 2.24) is 5.32 Å². The molecule has 1 aromatic rings. The van der Waals surface area contributed by atoms with Crippen LogP contribution in [0.2, 0.25) is 0 Å². The van der Waals surface area contributed by atoms with Crippen molar-refractivity contribution >= 4 is 25.6 Å². The Morgan fingerprint density at radius 1 is 1.17 bits per heavy atom. The molecule has 1 heterocycles. The third kappa shape index (κ3) is 5.90. The van der Waals surface area contributed by atoms with Crippen molar-refractivity contribution in [3.8, 4) is 0 Å². The lowest BCUT2D eigenvalue weighted by atomic mass is 9.76. The van der Waals surface area contributed by atoms with Crippen LogP contribution in [-0.2, 0) is 14.0 Å². The molecule has 1 aliphatic rings. The smallest absolute Gasteiger partial charge is 0.444 e. The minimum absolute atomic E-state index is 0.0708. The van der Waals surface area contributed by atoms with Gasteiger partial charge in [0.1, 0.15) is 11.4 Å². The minimum atomic E-state index is -0.750. The summed E-state index contributed by atoms with van der Waals surface area (Å²) < 4.78 is 30.9. The van der Waals surface area contributed by atoms with Crippen molar-refractivity contribution in [2.75, 3.05) is 6.54 Å². The SMILES string of the molecule is CC(C)(C)OC(=O)NCC(=Cc1ccc(F)cc1C=O)B1OC(C)(C)C(C)(C)O1. The standard InChI is InChI=1S/C21H29BFNO5/c1-19(2,3)27-18(26)24-12-16(22-28-20(4,5)21(6,7)29-22)10-14-8-9-17(23)11-15(14)13-25/h8-11,13H,12H2,1-7H3,(H,24,26). The highest BCUT2D eigenvalue weighted by molar-refractivity contribution is 6.56. The number of carbonyl (C=O) groups excluding carboxylic acids is 2. The van der Waals surface area contributed by atoms with Crippen LogP contribution in [0.3, 0.4) is 0 Å². The maximum atomic E-state index is 13.5. The molecule has 8 heteroatoms. The number of carbonyl (C=O) groups is 2. The third-order valence-corrected chi connectivity index (χ3v) is 4.91. The number of benzene rings is 1. The Morgan fingerprint density at radius 3 is 2.28 bits per heavy atom. The number of nitrogens with one attached hydrogen (secondary N) is 1. The summed E-state index contributed by atoms with van der Waals surface area (Å²) in [7, 11) is -0.750. The third-order valence-electron chi connectivity index (χ3n) is 4.91. The van der Waals surface area contributed by atoms with E-state index in [0.29, 0.717) is 17.3 Å². The molecule has 1 saturated heterocycles. The summed E-state index contributed by atoms with van der Waals surface area (Å²) in [5.41, 5.74) is -0.546. The van der Waals surface area contributed by atoms with Gasteiger partial charge in [0.2, 0.25) is 0 Å². The van der Waals surface area contributed by atoms with Crippen LogP contribution < -0.4 is 5.32 Å². The van der Waals surface area contributed by atoms with Gasteiger partial charge in [-0.05, 0) is 71.6 Å². The second-order valence-corrected chi connectivity index (χ2v) is 9.05. The molecule has 158 valence electrons. The second-order valence-electron chi connectivity index (χ2n) is 9.05. The maximum absolute atomic E-state index is 13.5. The lowest BCUT2D eigenvalue weighted by molar-refractivity contribution is 0.00578. The molecule has 0 spiro atoms. The van der Waals surface area contributed by atoms with Crippen LogP contribution in [0, 0.1) is 5.82 Å².